The van der Waals surface area contributed by atoms with Gasteiger partial charge in [0.15, 0.2) is 0 Å². The molecule has 20 heavy (non-hydrogen) atoms. The summed E-state index contributed by atoms with van der Waals surface area (Å²) in [7, 11) is -1.42. The highest BCUT2D eigenvalue weighted by Crippen LogP contribution is 2.10. The van der Waals surface area contributed by atoms with Gasteiger partial charge in [-0.25, -0.2) is 18.1 Å². The summed E-state index contributed by atoms with van der Waals surface area (Å²) in [6, 6.07) is 3.30. The quantitative estimate of drug-likeness (QED) is 0.701. The van der Waals surface area contributed by atoms with E-state index in [2.05, 4.69) is 35.5 Å². The molecule has 6 nitrogen and oxygen atoms in total. The molecule has 114 valence electrons. The molecule has 1 heterocycles. The highest BCUT2D eigenvalue weighted by molar-refractivity contribution is 7.89. The highest BCUT2D eigenvalue weighted by Gasteiger charge is 2.13. The second-order valence-corrected chi connectivity index (χ2v) is 6.86. The predicted octanol–water partition coefficient (Wildman–Crippen LogP) is 1.06. The van der Waals surface area contributed by atoms with E-state index in [9.17, 15) is 8.42 Å². The van der Waals surface area contributed by atoms with Crippen LogP contribution in [-0.4, -0.2) is 44.5 Å². The predicted molar refractivity (Wildman–Crippen MR) is 80.8 cm³/mol. The molecule has 0 unspecified atom stereocenters. The van der Waals surface area contributed by atoms with Gasteiger partial charge in [0.2, 0.25) is 10.0 Å². The van der Waals surface area contributed by atoms with Gasteiger partial charge in [0.25, 0.3) is 0 Å². The van der Waals surface area contributed by atoms with Gasteiger partial charge in [0.05, 0.1) is 4.90 Å². The summed E-state index contributed by atoms with van der Waals surface area (Å²) in [5.41, 5.74) is 5.48. The molecule has 7 heteroatoms. The van der Waals surface area contributed by atoms with Crippen LogP contribution in [0.4, 0.5) is 5.82 Å². The van der Waals surface area contributed by atoms with Crippen molar-refractivity contribution in [3.8, 4) is 0 Å². The van der Waals surface area contributed by atoms with Crippen molar-refractivity contribution < 1.29 is 8.42 Å². The largest absolute Gasteiger partial charge is 0.384 e. The number of nitrogens with one attached hydrogen (secondary N) is 1. The van der Waals surface area contributed by atoms with Crippen LogP contribution < -0.4 is 10.5 Å². The van der Waals surface area contributed by atoms with Crippen LogP contribution in [0.5, 0.6) is 0 Å². The van der Waals surface area contributed by atoms with E-state index in [0.717, 1.165) is 19.4 Å². The number of aromatic nitrogens is 1. The summed E-state index contributed by atoms with van der Waals surface area (Å²) >= 11 is 0. The fourth-order valence-corrected chi connectivity index (χ4v) is 2.72. The molecule has 0 saturated carbocycles. The first-order valence-corrected chi connectivity index (χ1v) is 8.22. The van der Waals surface area contributed by atoms with E-state index in [-0.39, 0.29) is 10.7 Å². The van der Waals surface area contributed by atoms with Crippen molar-refractivity contribution in [2.45, 2.75) is 37.6 Å². The zero-order valence-corrected chi connectivity index (χ0v) is 13.2. The van der Waals surface area contributed by atoms with Gasteiger partial charge >= 0.3 is 0 Å². The Bertz CT molecular complexity index is 517. The standard InChI is InChI=1S/C13H24N4O2S/c1-11(2)17(3)9-5-4-7-16-20(18,19)12-6-8-15-13(14)10-12/h6,8,10-11,16H,4-5,7,9H2,1-3H3,(H2,14,15). The van der Waals surface area contributed by atoms with Gasteiger partial charge < -0.3 is 10.6 Å². The third-order valence-electron chi connectivity index (χ3n) is 3.17. The lowest BCUT2D eigenvalue weighted by molar-refractivity contribution is 0.268. The highest BCUT2D eigenvalue weighted by atomic mass is 32.2. The molecular formula is C13H24N4O2S. The molecule has 0 bridgehead atoms. The summed E-state index contributed by atoms with van der Waals surface area (Å²) in [5, 5.41) is 0. The van der Waals surface area contributed by atoms with E-state index in [1.54, 1.807) is 0 Å². The van der Waals surface area contributed by atoms with Crippen molar-refractivity contribution in [3.63, 3.8) is 0 Å². The van der Waals surface area contributed by atoms with Gasteiger partial charge in [-0.2, -0.15) is 0 Å². The minimum absolute atomic E-state index is 0.157. The molecule has 0 spiro atoms. The van der Waals surface area contributed by atoms with Crippen molar-refractivity contribution in [1.29, 1.82) is 0 Å². The average Bonchev–Trinajstić information content (AvgIpc) is 2.37. The number of hydrogen-bond donors (Lipinski definition) is 2. The zero-order chi connectivity index (χ0) is 15.2. The lowest BCUT2D eigenvalue weighted by Gasteiger charge is -2.20. The normalized spacial score (nSPS) is 12.2. The lowest BCUT2D eigenvalue weighted by atomic mass is 10.2. The number of pyridine rings is 1. The third-order valence-corrected chi connectivity index (χ3v) is 4.63. The molecule has 0 fully saturated rings. The van der Waals surface area contributed by atoms with Crippen LogP contribution in [0.2, 0.25) is 0 Å². The Morgan fingerprint density at radius 3 is 2.70 bits per heavy atom. The minimum atomic E-state index is -3.48. The van der Waals surface area contributed by atoms with Crippen LogP contribution in [0.15, 0.2) is 23.2 Å². The Hall–Kier alpha value is -1.18. The number of nitrogens with two attached hydrogens (primary N) is 1. The van der Waals surface area contributed by atoms with Crippen molar-refractivity contribution in [3.05, 3.63) is 18.3 Å². The number of sulfonamides is 1. The summed E-state index contributed by atoms with van der Waals surface area (Å²) in [6.07, 6.45) is 3.15. The maximum Gasteiger partial charge on any atom is 0.240 e. The first-order chi connectivity index (χ1) is 9.33. The Labute approximate surface area is 121 Å². The second-order valence-electron chi connectivity index (χ2n) is 5.10. The van der Waals surface area contributed by atoms with Gasteiger partial charge in [0.1, 0.15) is 5.82 Å². The van der Waals surface area contributed by atoms with E-state index in [1.807, 2.05) is 0 Å². The first kappa shape index (κ1) is 16.9. The summed E-state index contributed by atoms with van der Waals surface area (Å²) in [4.78, 5) is 6.17. The average molecular weight is 300 g/mol. The molecule has 1 aromatic rings. The maximum absolute atomic E-state index is 12.0. The Morgan fingerprint density at radius 2 is 2.10 bits per heavy atom. The second kappa shape index (κ2) is 7.56. The molecule has 0 aliphatic carbocycles. The summed E-state index contributed by atoms with van der Waals surface area (Å²) in [6.45, 7) is 5.66. The molecule has 1 rings (SSSR count). The molecule has 0 aromatic carbocycles. The molecule has 0 aliphatic rings. The van der Waals surface area contributed by atoms with Crippen LogP contribution in [0, 0.1) is 0 Å². The molecule has 0 atom stereocenters. The van der Waals surface area contributed by atoms with Crippen molar-refractivity contribution in [1.82, 2.24) is 14.6 Å². The maximum atomic E-state index is 12.0. The molecule has 0 radical (unpaired) electrons. The van der Waals surface area contributed by atoms with E-state index >= 15 is 0 Å². The van der Waals surface area contributed by atoms with Crippen LogP contribution in [0.3, 0.4) is 0 Å². The summed E-state index contributed by atoms with van der Waals surface area (Å²) < 4.78 is 26.5. The minimum Gasteiger partial charge on any atom is -0.384 e. The van der Waals surface area contributed by atoms with Gasteiger partial charge in [-0.15, -0.1) is 0 Å². The number of hydrogen-bond acceptors (Lipinski definition) is 5. The molecule has 0 saturated heterocycles. The van der Waals surface area contributed by atoms with Crippen molar-refractivity contribution in [2.24, 2.45) is 0 Å². The summed E-state index contributed by atoms with van der Waals surface area (Å²) in [5.74, 6) is 0.200. The molecule has 3 N–H and O–H groups in total. The molecule has 1 aromatic heterocycles. The number of anilines is 1. The van der Waals surface area contributed by atoms with Crippen LogP contribution in [-0.2, 0) is 10.0 Å². The molecule has 0 aliphatic heterocycles. The third kappa shape index (κ3) is 5.44. The topological polar surface area (TPSA) is 88.3 Å². The van der Waals surface area contributed by atoms with Crippen LogP contribution in [0.25, 0.3) is 0 Å². The van der Waals surface area contributed by atoms with Gasteiger partial charge in [-0.3, -0.25) is 0 Å². The van der Waals surface area contributed by atoms with Crippen LogP contribution >= 0.6 is 0 Å². The first-order valence-electron chi connectivity index (χ1n) is 6.74. The monoisotopic (exact) mass is 300 g/mol. The number of unbranched alkanes of at least 4 members (excludes halogenated alkanes) is 1. The van der Waals surface area contributed by atoms with Crippen molar-refractivity contribution >= 4 is 15.8 Å². The molecule has 0 amide bonds. The Balaban J connectivity index is 2.38. The molecular weight excluding hydrogens is 276 g/mol. The van der Waals surface area contributed by atoms with E-state index in [1.165, 1.54) is 18.3 Å². The van der Waals surface area contributed by atoms with Gasteiger partial charge in [0, 0.05) is 24.8 Å². The van der Waals surface area contributed by atoms with Crippen molar-refractivity contribution in [2.75, 3.05) is 25.9 Å². The number of rotatable bonds is 8. The van der Waals surface area contributed by atoms with E-state index < -0.39 is 10.0 Å². The number of nitrogen functional groups attached to an aromatic ring is 1. The van der Waals surface area contributed by atoms with Crippen LogP contribution in [0.1, 0.15) is 26.7 Å². The lowest BCUT2D eigenvalue weighted by Crippen LogP contribution is -2.29. The smallest absolute Gasteiger partial charge is 0.240 e. The zero-order valence-electron chi connectivity index (χ0n) is 12.3. The van der Waals surface area contributed by atoms with E-state index in [0.29, 0.717) is 12.6 Å². The van der Waals surface area contributed by atoms with Gasteiger partial charge in [-0.1, -0.05) is 0 Å². The Morgan fingerprint density at radius 1 is 1.40 bits per heavy atom. The van der Waals surface area contributed by atoms with E-state index in [4.69, 9.17) is 5.73 Å². The SMILES string of the molecule is CC(C)N(C)CCCCNS(=O)(=O)c1ccnc(N)c1. The fourth-order valence-electron chi connectivity index (χ4n) is 1.63. The number of nitrogens with zero attached hydrogens (tertiary/aromatic N) is 2. The fraction of sp³-hybridized carbons (Fsp3) is 0.615. The Kier molecular flexibility index (Phi) is 6.38. The van der Waals surface area contributed by atoms with Gasteiger partial charge in [-0.05, 0) is 46.3 Å².